The van der Waals surface area contributed by atoms with Gasteiger partial charge in [-0.2, -0.15) is 0 Å². The molecule has 1 heterocycles. The highest BCUT2D eigenvalue weighted by Gasteiger charge is 2.22. The summed E-state index contributed by atoms with van der Waals surface area (Å²) in [5, 5.41) is 8.34. The normalized spacial score (nSPS) is 19.3. The molecule has 0 spiro atoms. The van der Waals surface area contributed by atoms with Gasteiger partial charge in [-0.1, -0.05) is 33.6 Å². The van der Waals surface area contributed by atoms with E-state index in [1.165, 1.54) is 25.7 Å². The number of rotatable bonds is 4. The summed E-state index contributed by atoms with van der Waals surface area (Å²) in [5.74, 6) is 1.07. The molecule has 1 unspecified atom stereocenters. The summed E-state index contributed by atoms with van der Waals surface area (Å²) < 4.78 is 2.26. The van der Waals surface area contributed by atoms with E-state index in [0.29, 0.717) is 6.04 Å². The second-order valence-corrected chi connectivity index (χ2v) is 6.82. The highest BCUT2D eigenvalue weighted by Crippen LogP contribution is 2.30. The molecule has 1 saturated carbocycles. The maximum absolute atomic E-state index is 6.24. The van der Waals surface area contributed by atoms with Gasteiger partial charge in [0.15, 0.2) is 0 Å². The molecular weight excluding hydrogens is 224 g/mol. The summed E-state index contributed by atoms with van der Waals surface area (Å²) in [6.07, 6.45) is 8.93. The molecule has 0 amide bonds. The van der Waals surface area contributed by atoms with Gasteiger partial charge in [0, 0.05) is 18.5 Å². The average Bonchev–Trinajstić information content (AvgIpc) is 2.82. The van der Waals surface area contributed by atoms with Gasteiger partial charge < -0.3 is 10.3 Å². The first kappa shape index (κ1) is 13.5. The molecule has 0 aromatic carbocycles. The van der Waals surface area contributed by atoms with Gasteiger partial charge in [0.25, 0.3) is 0 Å². The van der Waals surface area contributed by atoms with Crippen molar-refractivity contribution in [1.29, 1.82) is 0 Å². The SMILES string of the molecule is CC(C)(C)CC(N)Cc1nncn1C1CCCC1. The van der Waals surface area contributed by atoms with Crippen molar-refractivity contribution in [2.75, 3.05) is 0 Å². The average molecular weight is 250 g/mol. The Balaban J connectivity index is 1.99. The van der Waals surface area contributed by atoms with Gasteiger partial charge >= 0.3 is 0 Å². The van der Waals surface area contributed by atoms with E-state index in [-0.39, 0.29) is 11.5 Å². The quantitative estimate of drug-likeness (QED) is 0.894. The lowest BCUT2D eigenvalue weighted by Crippen LogP contribution is -2.30. The second kappa shape index (κ2) is 5.39. The fourth-order valence-corrected chi connectivity index (χ4v) is 2.99. The van der Waals surface area contributed by atoms with Gasteiger partial charge in [-0.3, -0.25) is 0 Å². The van der Waals surface area contributed by atoms with Crippen LogP contribution in [0.3, 0.4) is 0 Å². The minimum absolute atomic E-state index is 0.175. The molecule has 2 N–H and O–H groups in total. The maximum atomic E-state index is 6.24. The molecule has 1 fully saturated rings. The van der Waals surface area contributed by atoms with Crippen molar-refractivity contribution in [3.05, 3.63) is 12.2 Å². The fraction of sp³-hybridized carbons (Fsp3) is 0.857. The second-order valence-electron chi connectivity index (χ2n) is 6.82. The first-order valence-corrected chi connectivity index (χ1v) is 7.10. The van der Waals surface area contributed by atoms with Crippen LogP contribution < -0.4 is 5.73 Å². The molecule has 4 nitrogen and oxygen atoms in total. The monoisotopic (exact) mass is 250 g/mol. The Hall–Kier alpha value is -0.900. The number of hydrogen-bond donors (Lipinski definition) is 1. The highest BCUT2D eigenvalue weighted by atomic mass is 15.3. The third-order valence-electron chi connectivity index (χ3n) is 3.68. The van der Waals surface area contributed by atoms with Gasteiger partial charge in [-0.25, -0.2) is 0 Å². The standard InChI is InChI=1S/C14H26N4/c1-14(2,3)9-11(15)8-13-17-16-10-18(13)12-6-4-5-7-12/h10-12H,4-9,15H2,1-3H3. The minimum atomic E-state index is 0.175. The van der Waals surface area contributed by atoms with Gasteiger partial charge in [-0.15, -0.1) is 10.2 Å². The predicted octanol–water partition coefficient (Wildman–Crippen LogP) is 2.70. The molecule has 0 saturated heterocycles. The zero-order valence-corrected chi connectivity index (χ0v) is 11.9. The molecule has 102 valence electrons. The van der Waals surface area contributed by atoms with E-state index in [0.717, 1.165) is 18.7 Å². The number of nitrogens with zero attached hydrogens (tertiary/aromatic N) is 3. The Labute approximate surface area is 110 Å². The smallest absolute Gasteiger partial charge is 0.134 e. The largest absolute Gasteiger partial charge is 0.327 e. The zero-order valence-electron chi connectivity index (χ0n) is 11.9. The Morgan fingerprint density at radius 1 is 1.39 bits per heavy atom. The summed E-state index contributed by atoms with van der Waals surface area (Å²) in [7, 11) is 0. The van der Waals surface area contributed by atoms with Crippen molar-refractivity contribution in [1.82, 2.24) is 14.8 Å². The Bertz CT molecular complexity index is 371. The summed E-state index contributed by atoms with van der Waals surface area (Å²) >= 11 is 0. The van der Waals surface area contributed by atoms with Crippen LogP contribution in [0.1, 0.15) is 64.7 Å². The van der Waals surface area contributed by atoms with Crippen LogP contribution in [0.2, 0.25) is 0 Å². The first-order valence-electron chi connectivity index (χ1n) is 7.10. The number of nitrogens with two attached hydrogens (primary N) is 1. The van der Waals surface area contributed by atoms with E-state index >= 15 is 0 Å². The lowest BCUT2D eigenvalue weighted by Gasteiger charge is -2.23. The molecule has 18 heavy (non-hydrogen) atoms. The van der Waals surface area contributed by atoms with E-state index in [4.69, 9.17) is 5.73 Å². The highest BCUT2D eigenvalue weighted by molar-refractivity contribution is 4.94. The van der Waals surface area contributed by atoms with Crippen molar-refractivity contribution in [3.8, 4) is 0 Å². The van der Waals surface area contributed by atoms with Crippen molar-refractivity contribution >= 4 is 0 Å². The summed E-state index contributed by atoms with van der Waals surface area (Å²) in [4.78, 5) is 0. The van der Waals surface area contributed by atoms with Crippen LogP contribution in [0.25, 0.3) is 0 Å². The Morgan fingerprint density at radius 2 is 2.06 bits per heavy atom. The topological polar surface area (TPSA) is 56.7 Å². The maximum Gasteiger partial charge on any atom is 0.134 e. The molecule has 1 aliphatic rings. The van der Waals surface area contributed by atoms with Crippen LogP contribution in [-0.4, -0.2) is 20.8 Å². The predicted molar refractivity (Wildman–Crippen MR) is 73.3 cm³/mol. The molecular formula is C14H26N4. The summed E-state index contributed by atoms with van der Waals surface area (Å²) in [6.45, 7) is 6.69. The molecule has 0 aliphatic heterocycles. The van der Waals surface area contributed by atoms with Crippen molar-refractivity contribution in [2.45, 2.75) is 71.4 Å². The van der Waals surface area contributed by atoms with Gasteiger partial charge in [-0.05, 0) is 24.7 Å². The summed E-state index contributed by atoms with van der Waals surface area (Å²) in [5.41, 5.74) is 6.51. The first-order chi connectivity index (χ1) is 8.46. The lowest BCUT2D eigenvalue weighted by molar-refractivity contribution is 0.333. The van der Waals surface area contributed by atoms with Crippen LogP contribution in [0.15, 0.2) is 6.33 Å². The fourth-order valence-electron chi connectivity index (χ4n) is 2.99. The third kappa shape index (κ3) is 3.55. The van der Waals surface area contributed by atoms with Crippen molar-refractivity contribution < 1.29 is 0 Å². The molecule has 2 rings (SSSR count). The molecule has 0 bridgehead atoms. The molecule has 1 aromatic heterocycles. The lowest BCUT2D eigenvalue weighted by atomic mass is 9.87. The molecule has 1 atom stereocenters. The molecule has 0 radical (unpaired) electrons. The van der Waals surface area contributed by atoms with Gasteiger partial charge in [0.2, 0.25) is 0 Å². The van der Waals surface area contributed by atoms with Crippen LogP contribution in [0.4, 0.5) is 0 Å². The summed E-state index contributed by atoms with van der Waals surface area (Å²) in [6, 6.07) is 0.784. The van der Waals surface area contributed by atoms with Crippen molar-refractivity contribution in [3.63, 3.8) is 0 Å². The minimum Gasteiger partial charge on any atom is -0.327 e. The van der Waals surface area contributed by atoms with E-state index in [1.54, 1.807) is 0 Å². The zero-order chi connectivity index (χ0) is 13.2. The van der Waals surface area contributed by atoms with Gasteiger partial charge in [0.05, 0.1) is 0 Å². The van der Waals surface area contributed by atoms with Crippen LogP contribution in [0.5, 0.6) is 0 Å². The molecule has 1 aromatic rings. The molecule has 1 aliphatic carbocycles. The van der Waals surface area contributed by atoms with Crippen LogP contribution in [0, 0.1) is 5.41 Å². The number of hydrogen-bond acceptors (Lipinski definition) is 3. The number of aromatic nitrogens is 3. The van der Waals surface area contributed by atoms with Crippen LogP contribution >= 0.6 is 0 Å². The Morgan fingerprint density at radius 3 is 2.67 bits per heavy atom. The molecule has 4 heteroatoms. The van der Waals surface area contributed by atoms with Crippen molar-refractivity contribution in [2.24, 2.45) is 11.1 Å². The van der Waals surface area contributed by atoms with E-state index in [1.807, 2.05) is 6.33 Å². The Kier molecular flexibility index (Phi) is 4.05. The van der Waals surface area contributed by atoms with Gasteiger partial charge in [0.1, 0.15) is 12.2 Å². The van der Waals surface area contributed by atoms with E-state index < -0.39 is 0 Å². The van der Waals surface area contributed by atoms with E-state index in [9.17, 15) is 0 Å². The third-order valence-corrected chi connectivity index (χ3v) is 3.68. The van der Waals surface area contributed by atoms with Crippen LogP contribution in [-0.2, 0) is 6.42 Å². The van der Waals surface area contributed by atoms with E-state index in [2.05, 4.69) is 35.5 Å².